The van der Waals surface area contributed by atoms with Crippen molar-refractivity contribution in [1.29, 1.82) is 0 Å². The molecule has 2 fully saturated rings. The van der Waals surface area contributed by atoms with Crippen LogP contribution in [-0.2, 0) is 19.6 Å². The summed E-state index contributed by atoms with van der Waals surface area (Å²) in [5.74, 6) is -0.0278. The maximum absolute atomic E-state index is 12.6. The van der Waals surface area contributed by atoms with Crippen molar-refractivity contribution in [3.8, 4) is 0 Å². The molecule has 2 unspecified atom stereocenters. The molecular weight excluding hydrogens is 399 g/mol. The van der Waals surface area contributed by atoms with Crippen LogP contribution in [0, 0.1) is 0 Å². The fourth-order valence-electron chi connectivity index (χ4n) is 3.96. The zero-order valence-corrected chi connectivity index (χ0v) is 16.8. The average molecular weight is 421 g/mol. The average Bonchev–Trinajstić information content (AvgIpc) is 2.84. The first kappa shape index (κ1) is 19.9. The standard InChI is InChI=1S/C17H22Cl2N2O4S/c1-25-13-9-11-5-6-12(10-13)21(11)16(22)7-8-20-26(23,24)17-14(18)3-2-4-15(17)19/h2-4,11-13,20H,5-10H2,1H3. The van der Waals surface area contributed by atoms with Crippen molar-refractivity contribution in [1.82, 2.24) is 9.62 Å². The Morgan fingerprint density at radius 3 is 2.35 bits per heavy atom. The molecule has 2 aliphatic rings. The summed E-state index contributed by atoms with van der Waals surface area (Å²) in [4.78, 5) is 14.4. The van der Waals surface area contributed by atoms with E-state index in [1.54, 1.807) is 13.2 Å². The van der Waals surface area contributed by atoms with Gasteiger partial charge in [0.25, 0.3) is 0 Å². The molecule has 144 valence electrons. The van der Waals surface area contributed by atoms with Crippen molar-refractivity contribution in [2.45, 2.75) is 55.2 Å². The lowest BCUT2D eigenvalue weighted by Gasteiger charge is -2.38. The predicted octanol–water partition coefficient (Wildman–Crippen LogP) is 2.83. The monoisotopic (exact) mass is 420 g/mol. The van der Waals surface area contributed by atoms with Crippen LogP contribution >= 0.6 is 23.2 Å². The van der Waals surface area contributed by atoms with Crippen LogP contribution in [0.3, 0.4) is 0 Å². The first-order chi connectivity index (χ1) is 12.3. The van der Waals surface area contributed by atoms with Gasteiger partial charge in [-0.2, -0.15) is 0 Å². The van der Waals surface area contributed by atoms with Gasteiger partial charge in [-0.25, -0.2) is 13.1 Å². The molecule has 1 N–H and O–H groups in total. The highest BCUT2D eigenvalue weighted by Gasteiger charge is 2.42. The maximum atomic E-state index is 12.6. The van der Waals surface area contributed by atoms with E-state index in [1.165, 1.54) is 12.1 Å². The summed E-state index contributed by atoms with van der Waals surface area (Å²) in [5.41, 5.74) is 0. The van der Waals surface area contributed by atoms with Crippen molar-refractivity contribution < 1.29 is 17.9 Å². The number of piperidine rings is 1. The van der Waals surface area contributed by atoms with E-state index in [1.807, 2.05) is 4.90 Å². The van der Waals surface area contributed by atoms with Gasteiger partial charge in [0.2, 0.25) is 15.9 Å². The Balaban J connectivity index is 1.59. The molecule has 2 bridgehead atoms. The van der Waals surface area contributed by atoms with Crippen LogP contribution < -0.4 is 4.72 Å². The SMILES string of the molecule is COC1CC2CCC(C1)N2C(=O)CCNS(=O)(=O)c1c(Cl)cccc1Cl. The lowest BCUT2D eigenvalue weighted by molar-refractivity contribution is -0.137. The number of amides is 1. The minimum absolute atomic E-state index is 0.00631. The molecule has 2 atom stereocenters. The van der Waals surface area contributed by atoms with Crippen molar-refractivity contribution in [2.24, 2.45) is 0 Å². The van der Waals surface area contributed by atoms with Crippen LogP contribution in [0.1, 0.15) is 32.1 Å². The minimum Gasteiger partial charge on any atom is -0.381 e. The number of methoxy groups -OCH3 is 1. The predicted molar refractivity (Wildman–Crippen MR) is 100.0 cm³/mol. The number of hydrogen-bond donors (Lipinski definition) is 1. The molecule has 1 aromatic rings. The van der Waals surface area contributed by atoms with E-state index in [9.17, 15) is 13.2 Å². The third kappa shape index (κ3) is 4.02. The molecule has 0 aliphatic carbocycles. The normalized spacial score (nSPS) is 25.5. The molecule has 0 spiro atoms. The first-order valence-electron chi connectivity index (χ1n) is 8.61. The highest BCUT2D eigenvalue weighted by atomic mass is 35.5. The number of ether oxygens (including phenoxy) is 1. The molecule has 3 rings (SSSR count). The van der Waals surface area contributed by atoms with Crippen LogP contribution in [0.15, 0.2) is 23.1 Å². The Labute approximate surface area is 163 Å². The Morgan fingerprint density at radius 1 is 1.23 bits per heavy atom. The molecule has 6 nitrogen and oxygen atoms in total. The Bertz CT molecular complexity index is 753. The topological polar surface area (TPSA) is 75.7 Å². The molecule has 0 radical (unpaired) electrons. The van der Waals surface area contributed by atoms with Crippen LogP contribution in [0.25, 0.3) is 0 Å². The number of rotatable bonds is 6. The van der Waals surface area contributed by atoms with Gasteiger partial charge in [-0.3, -0.25) is 4.79 Å². The fraction of sp³-hybridized carbons (Fsp3) is 0.588. The van der Waals surface area contributed by atoms with E-state index in [0.717, 1.165) is 25.7 Å². The van der Waals surface area contributed by atoms with Crippen LogP contribution in [0.4, 0.5) is 0 Å². The number of benzene rings is 1. The number of carbonyl (C=O) groups is 1. The molecular formula is C17H22Cl2N2O4S. The summed E-state index contributed by atoms with van der Waals surface area (Å²) in [6, 6.07) is 4.89. The van der Waals surface area contributed by atoms with Gasteiger partial charge in [-0.05, 0) is 37.8 Å². The van der Waals surface area contributed by atoms with E-state index in [2.05, 4.69) is 4.72 Å². The van der Waals surface area contributed by atoms with Crippen LogP contribution in [0.5, 0.6) is 0 Å². The minimum atomic E-state index is -3.88. The summed E-state index contributed by atoms with van der Waals surface area (Å²) >= 11 is 11.9. The van der Waals surface area contributed by atoms with Gasteiger partial charge in [0, 0.05) is 32.2 Å². The van der Waals surface area contributed by atoms with Crippen molar-refractivity contribution >= 4 is 39.1 Å². The van der Waals surface area contributed by atoms with Gasteiger partial charge < -0.3 is 9.64 Å². The lowest BCUT2D eigenvalue weighted by Crippen LogP contribution is -2.49. The number of nitrogens with one attached hydrogen (secondary N) is 1. The lowest BCUT2D eigenvalue weighted by atomic mass is 9.99. The fourth-order valence-corrected chi connectivity index (χ4v) is 6.13. The smallest absolute Gasteiger partial charge is 0.243 e. The second-order valence-corrected chi connectivity index (χ2v) is 9.23. The molecule has 2 aliphatic heterocycles. The maximum Gasteiger partial charge on any atom is 0.243 e. The van der Waals surface area contributed by atoms with E-state index in [0.29, 0.717) is 0 Å². The third-order valence-corrected chi connectivity index (χ3v) is 7.55. The van der Waals surface area contributed by atoms with Gasteiger partial charge in [-0.1, -0.05) is 29.3 Å². The summed E-state index contributed by atoms with van der Waals surface area (Å²) < 4.78 is 32.7. The third-order valence-electron chi connectivity index (χ3n) is 5.13. The number of sulfonamides is 1. The second kappa shape index (κ2) is 8.02. The largest absolute Gasteiger partial charge is 0.381 e. The number of carbonyl (C=O) groups excluding carboxylic acids is 1. The quantitative estimate of drug-likeness (QED) is 0.767. The van der Waals surface area contributed by atoms with Gasteiger partial charge in [0.1, 0.15) is 4.90 Å². The summed E-state index contributed by atoms with van der Waals surface area (Å²) in [5, 5.41) is 0.104. The summed E-state index contributed by atoms with van der Waals surface area (Å²) in [6.45, 7) is 0.00631. The van der Waals surface area contributed by atoms with Crippen molar-refractivity contribution in [3.05, 3.63) is 28.2 Å². The Morgan fingerprint density at radius 2 is 1.81 bits per heavy atom. The number of nitrogens with zero attached hydrogens (tertiary/aromatic N) is 1. The first-order valence-corrected chi connectivity index (χ1v) is 10.8. The molecule has 2 saturated heterocycles. The molecule has 2 heterocycles. The number of halogens is 2. The number of fused-ring (bicyclic) bond motifs is 2. The number of hydrogen-bond acceptors (Lipinski definition) is 4. The van der Waals surface area contributed by atoms with Crippen molar-refractivity contribution in [2.75, 3.05) is 13.7 Å². The van der Waals surface area contributed by atoms with E-state index >= 15 is 0 Å². The van der Waals surface area contributed by atoms with E-state index in [-0.39, 0.29) is 52.0 Å². The molecule has 26 heavy (non-hydrogen) atoms. The zero-order chi connectivity index (χ0) is 18.9. The zero-order valence-electron chi connectivity index (χ0n) is 14.5. The molecule has 0 saturated carbocycles. The van der Waals surface area contributed by atoms with Crippen LogP contribution in [-0.4, -0.2) is 51.1 Å². The van der Waals surface area contributed by atoms with Gasteiger partial charge >= 0.3 is 0 Å². The summed E-state index contributed by atoms with van der Waals surface area (Å²) in [6.07, 6.45) is 3.97. The van der Waals surface area contributed by atoms with Gasteiger partial charge in [0.15, 0.2) is 0 Å². The van der Waals surface area contributed by atoms with Crippen molar-refractivity contribution in [3.63, 3.8) is 0 Å². The molecule has 0 aromatic heterocycles. The van der Waals surface area contributed by atoms with Gasteiger partial charge in [-0.15, -0.1) is 0 Å². The molecule has 1 amide bonds. The Kier molecular flexibility index (Phi) is 6.14. The van der Waals surface area contributed by atoms with E-state index < -0.39 is 10.0 Å². The Hall–Kier alpha value is -0.860. The van der Waals surface area contributed by atoms with Crippen LogP contribution in [0.2, 0.25) is 10.0 Å². The summed E-state index contributed by atoms with van der Waals surface area (Å²) in [7, 11) is -2.17. The highest BCUT2D eigenvalue weighted by Crippen LogP contribution is 2.37. The molecule has 9 heteroatoms. The van der Waals surface area contributed by atoms with Gasteiger partial charge in [0.05, 0.1) is 16.1 Å². The van der Waals surface area contributed by atoms with E-state index in [4.69, 9.17) is 27.9 Å². The highest BCUT2D eigenvalue weighted by molar-refractivity contribution is 7.89. The molecule has 1 aromatic carbocycles. The second-order valence-electron chi connectivity index (χ2n) is 6.71.